The van der Waals surface area contributed by atoms with Gasteiger partial charge in [-0.3, -0.25) is 14.2 Å². The number of carbonyl (C=O) groups excluding carboxylic acids is 2. The van der Waals surface area contributed by atoms with Crippen molar-refractivity contribution in [3.63, 3.8) is 0 Å². The molecule has 0 fully saturated rings. The van der Waals surface area contributed by atoms with E-state index in [4.69, 9.17) is 13.8 Å². The van der Waals surface area contributed by atoms with Crippen LogP contribution in [0.2, 0.25) is 0 Å². The number of hydrogen-bond donors (Lipinski definition) is 1. The highest BCUT2D eigenvalue weighted by atomic mass is 31.2. The number of ether oxygens (including phenoxy) is 1. The molecule has 1 N–H and O–H groups in total. The van der Waals surface area contributed by atoms with Crippen LogP contribution in [0.5, 0.6) is 0 Å². The van der Waals surface area contributed by atoms with E-state index in [1.807, 2.05) is 13.0 Å². The number of carbonyl (C=O) groups is 2. The van der Waals surface area contributed by atoms with Crippen molar-refractivity contribution in [2.75, 3.05) is 32.5 Å². The zero-order valence-corrected chi connectivity index (χ0v) is 22.5. The molecular weight excluding hydrogens is 441 g/mol. The van der Waals surface area contributed by atoms with E-state index in [0.717, 1.165) is 31.3 Å². The second-order valence-electron chi connectivity index (χ2n) is 8.14. The Hall–Kier alpha value is -1.69. The standard InChI is InChI=1S/C25H44NO6P/c1-8-30-25(28)23(19-33(29,31-9-2)32-10-3)24(27)26-18-17-22(7)16-12-15-21(6)14-11-13-20(4)5/h13,15,17,23H,8-12,14,16,18-19H2,1-7H3,(H,26,27)/b21-15+,22-17+. The molecule has 0 radical (unpaired) electrons. The molecule has 8 heteroatoms. The normalized spacial score (nSPS) is 13.4. The van der Waals surface area contributed by atoms with Crippen LogP contribution >= 0.6 is 7.60 Å². The van der Waals surface area contributed by atoms with Crippen LogP contribution in [0.15, 0.2) is 34.9 Å². The molecule has 1 unspecified atom stereocenters. The summed E-state index contributed by atoms with van der Waals surface area (Å²) < 4.78 is 28.3. The fourth-order valence-corrected chi connectivity index (χ4v) is 4.89. The molecule has 1 amide bonds. The van der Waals surface area contributed by atoms with E-state index in [-0.39, 0.29) is 32.5 Å². The van der Waals surface area contributed by atoms with Crippen molar-refractivity contribution < 1.29 is 27.9 Å². The van der Waals surface area contributed by atoms with E-state index in [1.54, 1.807) is 20.8 Å². The molecule has 0 aromatic carbocycles. The predicted octanol–water partition coefficient (Wildman–Crippen LogP) is 5.97. The van der Waals surface area contributed by atoms with Crippen molar-refractivity contribution >= 4 is 19.5 Å². The van der Waals surface area contributed by atoms with Crippen LogP contribution in [0.1, 0.15) is 74.1 Å². The van der Waals surface area contributed by atoms with Gasteiger partial charge >= 0.3 is 13.6 Å². The molecule has 7 nitrogen and oxygen atoms in total. The van der Waals surface area contributed by atoms with Crippen molar-refractivity contribution in [3.05, 3.63) is 34.9 Å². The van der Waals surface area contributed by atoms with Gasteiger partial charge in [0.2, 0.25) is 5.91 Å². The van der Waals surface area contributed by atoms with Gasteiger partial charge in [0.25, 0.3) is 0 Å². The van der Waals surface area contributed by atoms with Gasteiger partial charge in [0.05, 0.1) is 26.0 Å². The molecule has 0 spiro atoms. The number of hydrogen-bond acceptors (Lipinski definition) is 6. The van der Waals surface area contributed by atoms with Gasteiger partial charge in [0.1, 0.15) is 5.92 Å². The quantitative estimate of drug-likeness (QED) is 0.118. The minimum absolute atomic E-state index is 0.121. The van der Waals surface area contributed by atoms with Crippen LogP contribution < -0.4 is 5.32 Å². The predicted molar refractivity (Wildman–Crippen MR) is 134 cm³/mol. The first kappa shape index (κ1) is 31.3. The van der Waals surface area contributed by atoms with E-state index < -0.39 is 25.4 Å². The topological polar surface area (TPSA) is 90.9 Å². The summed E-state index contributed by atoms with van der Waals surface area (Å²) in [7, 11) is -3.58. The van der Waals surface area contributed by atoms with Crippen LogP contribution in [0.4, 0.5) is 0 Å². The fraction of sp³-hybridized carbons (Fsp3) is 0.680. The number of esters is 1. The fourth-order valence-electron chi connectivity index (χ4n) is 3.05. The summed E-state index contributed by atoms with van der Waals surface area (Å²) in [6.45, 7) is 14.1. The molecule has 190 valence electrons. The lowest BCUT2D eigenvalue weighted by Gasteiger charge is -2.21. The molecule has 0 aliphatic carbocycles. The van der Waals surface area contributed by atoms with Gasteiger partial charge < -0.3 is 19.1 Å². The van der Waals surface area contributed by atoms with Gasteiger partial charge in [-0.1, -0.05) is 34.9 Å². The molecule has 0 aliphatic rings. The third kappa shape index (κ3) is 14.9. The Kier molecular flexibility index (Phi) is 16.8. The first-order chi connectivity index (χ1) is 15.6. The van der Waals surface area contributed by atoms with Crippen LogP contribution in [-0.2, 0) is 27.9 Å². The highest BCUT2D eigenvalue weighted by Crippen LogP contribution is 2.49. The second-order valence-corrected chi connectivity index (χ2v) is 10.2. The van der Waals surface area contributed by atoms with Crippen molar-refractivity contribution in [1.82, 2.24) is 5.32 Å². The first-order valence-corrected chi connectivity index (χ1v) is 13.6. The maximum absolute atomic E-state index is 12.8. The molecule has 0 aromatic heterocycles. The lowest BCUT2D eigenvalue weighted by molar-refractivity contribution is -0.151. The van der Waals surface area contributed by atoms with Crippen LogP contribution in [0, 0.1) is 5.92 Å². The third-order valence-electron chi connectivity index (χ3n) is 4.79. The maximum atomic E-state index is 12.8. The van der Waals surface area contributed by atoms with Gasteiger partial charge in [-0.15, -0.1) is 0 Å². The largest absolute Gasteiger partial charge is 0.465 e. The van der Waals surface area contributed by atoms with Gasteiger partial charge in [-0.2, -0.15) is 0 Å². The van der Waals surface area contributed by atoms with Gasteiger partial charge in [0.15, 0.2) is 0 Å². The van der Waals surface area contributed by atoms with Crippen molar-refractivity contribution in [2.24, 2.45) is 5.92 Å². The highest BCUT2D eigenvalue weighted by Gasteiger charge is 2.37. The molecule has 0 saturated heterocycles. The maximum Gasteiger partial charge on any atom is 0.332 e. The van der Waals surface area contributed by atoms with Gasteiger partial charge in [0, 0.05) is 6.54 Å². The lowest BCUT2D eigenvalue weighted by Crippen LogP contribution is -2.39. The lowest BCUT2D eigenvalue weighted by atomic mass is 10.1. The van der Waals surface area contributed by atoms with E-state index in [1.165, 1.54) is 11.1 Å². The van der Waals surface area contributed by atoms with Gasteiger partial charge in [-0.05, 0) is 74.1 Å². The summed E-state index contributed by atoms with van der Waals surface area (Å²) in [6.07, 6.45) is 10.0. The molecule has 0 aliphatic heterocycles. The Morgan fingerprint density at radius 1 is 0.848 bits per heavy atom. The molecule has 1 atom stereocenters. The number of rotatable bonds is 17. The average Bonchev–Trinajstić information content (AvgIpc) is 2.72. The summed E-state index contributed by atoms with van der Waals surface area (Å²) >= 11 is 0. The Balaban J connectivity index is 4.87. The van der Waals surface area contributed by atoms with E-state index in [2.05, 4.69) is 38.2 Å². The zero-order valence-electron chi connectivity index (χ0n) is 21.6. The Bertz CT molecular complexity index is 727. The van der Waals surface area contributed by atoms with Crippen molar-refractivity contribution in [3.8, 4) is 0 Å². The van der Waals surface area contributed by atoms with Crippen LogP contribution in [0.3, 0.4) is 0 Å². The third-order valence-corrected chi connectivity index (χ3v) is 6.91. The Morgan fingerprint density at radius 2 is 1.39 bits per heavy atom. The molecule has 33 heavy (non-hydrogen) atoms. The SMILES string of the molecule is CCOC(=O)C(CP(=O)(OCC)OCC)C(=O)NC/C=C(\C)CC/C=C(\C)CCC=C(C)C. The molecule has 0 saturated carbocycles. The summed E-state index contributed by atoms with van der Waals surface area (Å²) in [5.41, 5.74) is 3.86. The smallest absolute Gasteiger partial charge is 0.332 e. The summed E-state index contributed by atoms with van der Waals surface area (Å²) in [4.78, 5) is 25.0. The van der Waals surface area contributed by atoms with Gasteiger partial charge in [-0.25, -0.2) is 0 Å². The Labute approximate surface area is 200 Å². The molecule has 0 rings (SSSR count). The Morgan fingerprint density at radius 3 is 1.91 bits per heavy atom. The zero-order chi connectivity index (χ0) is 25.3. The number of allylic oxidation sites excluding steroid dienone is 5. The van der Waals surface area contributed by atoms with Crippen molar-refractivity contribution in [1.29, 1.82) is 0 Å². The molecule has 0 aromatic rings. The molecular formula is C25H44NO6P. The summed E-state index contributed by atoms with van der Waals surface area (Å²) in [6, 6.07) is 0. The summed E-state index contributed by atoms with van der Waals surface area (Å²) in [5.74, 6) is -2.54. The minimum Gasteiger partial charge on any atom is -0.465 e. The first-order valence-electron chi connectivity index (χ1n) is 11.9. The van der Waals surface area contributed by atoms with Crippen LogP contribution in [-0.4, -0.2) is 44.4 Å². The monoisotopic (exact) mass is 485 g/mol. The van der Waals surface area contributed by atoms with E-state index in [9.17, 15) is 14.2 Å². The number of amides is 1. The van der Waals surface area contributed by atoms with Crippen LogP contribution in [0.25, 0.3) is 0 Å². The molecule has 0 heterocycles. The summed E-state index contributed by atoms with van der Waals surface area (Å²) in [5, 5.41) is 2.73. The van der Waals surface area contributed by atoms with E-state index >= 15 is 0 Å². The highest BCUT2D eigenvalue weighted by molar-refractivity contribution is 7.53. The molecule has 0 bridgehead atoms. The second kappa shape index (κ2) is 17.7. The number of nitrogens with one attached hydrogen (secondary N) is 1. The van der Waals surface area contributed by atoms with E-state index in [0.29, 0.717) is 0 Å². The van der Waals surface area contributed by atoms with Crippen molar-refractivity contribution in [2.45, 2.75) is 74.1 Å². The average molecular weight is 486 g/mol. The minimum atomic E-state index is -3.58.